The van der Waals surface area contributed by atoms with E-state index < -0.39 is 5.56 Å². The largest absolute Gasteiger partial charge is 0.493 e. The van der Waals surface area contributed by atoms with E-state index >= 15 is 0 Å². The molecule has 2 heterocycles. The third-order valence-corrected chi connectivity index (χ3v) is 5.40. The van der Waals surface area contributed by atoms with Gasteiger partial charge in [0.05, 0.1) is 18.8 Å². The van der Waals surface area contributed by atoms with Crippen molar-refractivity contribution in [1.29, 1.82) is 0 Å². The molecule has 0 aliphatic rings. The molecule has 30 heavy (non-hydrogen) atoms. The van der Waals surface area contributed by atoms with Gasteiger partial charge in [0, 0.05) is 6.42 Å². The highest BCUT2D eigenvalue weighted by atomic mass is 32.1. The van der Waals surface area contributed by atoms with Crippen molar-refractivity contribution in [2.45, 2.75) is 6.42 Å². The Morgan fingerprint density at radius 2 is 1.80 bits per heavy atom. The molecular formula is C21H16FN3O4S. The van der Waals surface area contributed by atoms with Gasteiger partial charge in [-0.25, -0.2) is 4.39 Å². The lowest BCUT2D eigenvalue weighted by molar-refractivity contribution is 0.355. The predicted octanol–water partition coefficient (Wildman–Crippen LogP) is 1.81. The lowest BCUT2D eigenvalue weighted by Gasteiger charge is -2.07. The Balaban J connectivity index is 1.77. The van der Waals surface area contributed by atoms with Gasteiger partial charge < -0.3 is 9.47 Å². The molecule has 0 radical (unpaired) electrons. The number of nitrogens with zero attached hydrogens (tertiary/aromatic N) is 3. The molecule has 2 aromatic carbocycles. The molecule has 152 valence electrons. The van der Waals surface area contributed by atoms with E-state index in [1.807, 2.05) is 0 Å². The summed E-state index contributed by atoms with van der Waals surface area (Å²) in [5, 5.41) is 4.20. The average molecular weight is 425 g/mol. The topological polar surface area (TPSA) is 82.8 Å². The van der Waals surface area contributed by atoms with Crippen LogP contribution in [0.15, 0.2) is 52.1 Å². The number of thiazole rings is 1. The van der Waals surface area contributed by atoms with Crippen LogP contribution in [-0.2, 0) is 6.42 Å². The SMILES string of the molecule is COc1ccc(/C=c2\sc3nc(=O)c(Cc4ccc(F)cc4)nn3c2=O)cc1OC. The van der Waals surface area contributed by atoms with E-state index in [4.69, 9.17) is 9.47 Å². The Bertz CT molecular complexity index is 1400. The van der Waals surface area contributed by atoms with Gasteiger partial charge in [-0.15, -0.1) is 0 Å². The Kier molecular flexibility index (Phi) is 5.28. The molecule has 4 rings (SSSR count). The van der Waals surface area contributed by atoms with Crippen molar-refractivity contribution in [2.75, 3.05) is 14.2 Å². The fourth-order valence-corrected chi connectivity index (χ4v) is 3.85. The molecule has 0 saturated heterocycles. The highest BCUT2D eigenvalue weighted by Gasteiger charge is 2.12. The first-order valence-electron chi connectivity index (χ1n) is 8.89. The number of benzene rings is 2. The Morgan fingerprint density at radius 3 is 2.50 bits per heavy atom. The van der Waals surface area contributed by atoms with Crippen LogP contribution in [-0.4, -0.2) is 28.8 Å². The van der Waals surface area contributed by atoms with E-state index in [-0.39, 0.29) is 28.5 Å². The molecular weight excluding hydrogens is 409 g/mol. The zero-order valence-corrected chi connectivity index (χ0v) is 16.9. The van der Waals surface area contributed by atoms with Gasteiger partial charge in [0.1, 0.15) is 11.5 Å². The molecule has 0 aliphatic heterocycles. The van der Waals surface area contributed by atoms with Gasteiger partial charge in [0.25, 0.3) is 11.1 Å². The van der Waals surface area contributed by atoms with E-state index in [1.165, 1.54) is 19.2 Å². The molecule has 0 atom stereocenters. The molecule has 9 heteroatoms. The maximum Gasteiger partial charge on any atom is 0.296 e. The highest BCUT2D eigenvalue weighted by molar-refractivity contribution is 7.15. The summed E-state index contributed by atoms with van der Waals surface area (Å²) < 4.78 is 25.1. The fraction of sp³-hybridized carbons (Fsp3) is 0.143. The van der Waals surface area contributed by atoms with E-state index in [0.29, 0.717) is 21.6 Å². The van der Waals surface area contributed by atoms with E-state index in [0.717, 1.165) is 21.4 Å². The van der Waals surface area contributed by atoms with Crippen LogP contribution < -0.4 is 25.1 Å². The number of fused-ring (bicyclic) bond motifs is 1. The Hall–Kier alpha value is -3.59. The molecule has 0 N–H and O–H groups in total. The van der Waals surface area contributed by atoms with E-state index in [1.54, 1.807) is 43.5 Å². The summed E-state index contributed by atoms with van der Waals surface area (Å²) in [6.07, 6.45) is 1.83. The Labute approximate surface area is 173 Å². The van der Waals surface area contributed by atoms with Crippen LogP contribution >= 0.6 is 11.3 Å². The molecule has 0 saturated carbocycles. The van der Waals surface area contributed by atoms with Crippen LogP contribution in [0.1, 0.15) is 16.8 Å². The van der Waals surface area contributed by atoms with Crippen molar-refractivity contribution in [3.8, 4) is 11.5 Å². The van der Waals surface area contributed by atoms with Crippen LogP contribution in [0.2, 0.25) is 0 Å². The maximum absolute atomic E-state index is 13.1. The fourth-order valence-electron chi connectivity index (χ4n) is 2.94. The lowest BCUT2D eigenvalue weighted by Crippen LogP contribution is -2.28. The summed E-state index contributed by atoms with van der Waals surface area (Å²) in [6.45, 7) is 0. The number of hydrogen-bond acceptors (Lipinski definition) is 7. The van der Waals surface area contributed by atoms with Gasteiger partial charge in [-0.05, 0) is 41.5 Å². The zero-order chi connectivity index (χ0) is 21.3. The number of methoxy groups -OCH3 is 2. The summed E-state index contributed by atoms with van der Waals surface area (Å²) in [5.41, 5.74) is 0.649. The lowest BCUT2D eigenvalue weighted by atomic mass is 10.1. The van der Waals surface area contributed by atoms with Crippen LogP contribution in [0.3, 0.4) is 0 Å². The van der Waals surface area contributed by atoms with E-state index in [2.05, 4.69) is 10.1 Å². The van der Waals surface area contributed by atoms with Crippen LogP contribution in [0.25, 0.3) is 11.0 Å². The minimum absolute atomic E-state index is 0.117. The summed E-state index contributed by atoms with van der Waals surface area (Å²) in [5.74, 6) is 0.742. The van der Waals surface area contributed by atoms with Crippen molar-refractivity contribution < 1.29 is 13.9 Å². The molecule has 0 bridgehead atoms. The van der Waals surface area contributed by atoms with Gasteiger partial charge in [-0.3, -0.25) is 9.59 Å². The van der Waals surface area contributed by atoms with E-state index in [9.17, 15) is 14.0 Å². The number of ether oxygens (including phenoxy) is 2. The normalized spacial score (nSPS) is 11.8. The molecule has 0 spiro atoms. The van der Waals surface area contributed by atoms with Crippen LogP contribution in [0, 0.1) is 5.82 Å². The molecule has 0 unspecified atom stereocenters. The van der Waals surface area contributed by atoms with Crippen LogP contribution in [0.4, 0.5) is 4.39 Å². The average Bonchev–Trinajstić information content (AvgIpc) is 3.04. The van der Waals surface area contributed by atoms with Crippen molar-refractivity contribution in [3.05, 3.63) is 90.3 Å². The number of halogens is 1. The Morgan fingerprint density at radius 1 is 1.07 bits per heavy atom. The van der Waals surface area contributed by atoms with Gasteiger partial charge in [0.15, 0.2) is 11.5 Å². The number of rotatable bonds is 5. The molecule has 2 aromatic heterocycles. The van der Waals surface area contributed by atoms with Crippen molar-refractivity contribution >= 4 is 22.4 Å². The van der Waals surface area contributed by atoms with Crippen LogP contribution in [0.5, 0.6) is 11.5 Å². The number of aromatic nitrogens is 3. The maximum atomic E-state index is 13.1. The zero-order valence-electron chi connectivity index (χ0n) is 16.1. The third-order valence-electron chi connectivity index (χ3n) is 4.44. The minimum atomic E-state index is -0.516. The molecule has 7 nitrogen and oxygen atoms in total. The van der Waals surface area contributed by atoms with Crippen molar-refractivity contribution in [1.82, 2.24) is 14.6 Å². The second-order valence-corrected chi connectivity index (χ2v) is 7.40. The first-order valence-corrected chi connectivity index (χ1v) is 9.71. The third kappa shape index (κ3) is 3.79. The van der Waals surface area contributed by atoms with Crippen molar-refractivity contribution in [3.63, 3.8) is 0 Å². The number of hydrogen-bond donors (Lipinski definition) is 0. The van der Waals surface area contributed by atoms with Gasteiger partial charge >= 0.3 is 0 Å². The second kappa shape index (κ2) is 8.03. The van der Waals surface area contributed by atoms with Gasteiger partial charge in [0.2, 0.25) is 4.96 Å². The van der Waals surface area contributed by atoms with Gasteiger partial charge in [-0.1, -0.05) is 29.5 Å². The monoisotopic (exact) mass is 425 g/mol. The minimum Gasteiger partial charge on any atom is -0.493 e. The van der Waals surface area contributed by atoms with Gasteiger partial charge in [-0.2, -0.15) is 14.6 Å². The predicted molar refractivity (Wildman–Crippen MR) is 111 cm³/mol. The molecule has 0 fully saturated rings. The summed E-state index contributed by atoms with van der Waals surface area (Å²) >= 11 is 1.07. The second-order valence-electron chi connectivity index (χ2n) is 6.39. The molecule has 0 aliphatic carbocycles. The quantitative estimate of drug-likeness (QED) is 0.485. The standard InChI is InChI=1S/C21H16FN3O4S/c1-28-16-8-5-13(10-17(16)29-2)11-18-20(27)25-21(30-18)23-19(26)15(24-25)9-12-3-6-14(22)7-4-12/h3-8,10-11H,9H2,1-2H3/b18-11-. The first-order chi connectivity index (χ1) is 14.5. The molecule has 0 amide bonds. The molecule has 4 aromatic rings. The first kappa shape index (κ1) is 19.7. The smallest absolute Gasteiger partial charge is 0.296 e. The highest BCUT2D eigenvalue weighted by Crippen LogP contribution is 2.27. The summed E-state index contributed by atoms with van der Waals surface area (Å²) in [7, 11) is 3.07. The summed E-state index contributed by atoms with van der Waals surface area (Å²) in [4.78, 5) is 29.3. The van der Waals surface area contributed by atoms with Crippen molar-refractivity contribution in [2.24, 2.45) is 0 Å². The summed E-state index contributed by atoms with van der Waals surface area (Å²) in [6, 6.07) is 11.0.